The molecule has 8 heteroatoms. The van der Waals surface area contributed by atoms with E-state index in [9.17, 15) is 8.42 Å². The summed E-state index contributed by atoms with van der Waals surface area (Å²) in [6.07, 6.45) is 2.73. The van der Waals surface area contributed by atoms with E-state index in [2.05, 4.69) is 10.1 Å². The number of sulfone groups is 1. The molecule has 1 rings (SSSR count). The summed E-state index contributed by atoms with van der Waals surface area (Å²) in [4.78, 5) is 5.75. The van der Waals surface area contributed by atoms with Gasteiger partial charge in [-0.3, -0.25) is 0 Å². The number of hydrogen-bond acceptors (Lipinski definition) is 6. The Bertz CT molecular complexity index is 542. The first-order valence-corrected chi connectivity index (χ1v) is 7.23. The average Bonchev–Trinajstić information content (AvgIpc) is 2.34. The molecule has 3 N–H and O–H groups in total. The van der Waals surface area contributed by atoms with E-state index >= 15 is 0 Å². The van der Waals surface area contributed by atoms with Crippen LogP contribution in [0.3, 0.4) is 0 Å². The van der Waals surface area contributed by atoms with Crippen LogP contribution in [-0.4, -0.2) is 50.0 Å². The molecule has 0 aromatic carbocycles. The molecular formula is C10H16N4O3S. The van der Waals surface area contributed by atoms with Gasteiger partial charge in [0.15, 0.2) is 5.84 Å². The largest absolute Gasteiger partial charge is 0.409 e. The number of hydrogen-bond donors (Lipinski definition) is 2. The average molecular weight is 272 g/mol. The van der Waals surface area contributed by atoms with E-state index in [0.717, 1.165) is 0 Å². The van der Waals surface area contributed by atoms with Gasteiger partial charge in [-0.2, -0.15) is 0 Å². The van der Waals surface area contributed by atoms with E-state index in [-0.39, 0.29) is 18.1 Å². The van der Waals surface area contributed by atoms with E-state index < -0.39 is 9.84 Å². The van der Waals surface area contributed by atoms with Crippen LogP contribution in [0.15, 0.2) is 23.5 Å². The Morgan fingerprint density at radius 3 is 2.83 bits per heavy atom. The van der Waals surface area contributed by atoms with Crippen LogP contribution in [0.2, 0.25) is 0 Å². The Hall–Kier alpha value is -1.83. The van der Waals surface area contributed by atoms with Crippen molar-refractivity contribution in [1.29, 1.82) is 0 Å². The number of oxime groups is 1. The molecule has 0 fully saturated rings. The third-order valence-electron chi connectivity index (χ3n) is 2.33. The van der Waals surface area contributed by atoms with Crippen molar-refractivity contribution in [1.82, 2.24) is 4.98 Å². The van der Waals surface area contributed by atoms with Crippen molar-refractivity contribution in [3.63, 3.8) is 0 Å². The first-order valence-electron chi connectivity index (χ1n) is 5.17. The van der Waals surface area contributed by atoms with E-state index in [1.807, 2.05) is 0 Å². The summed E-state index contributed by atoms with van der Waals surface area (Å²) in [6.45, 7) is 0.279. The van der Waals surface area contributed by atoms with Crippen LogP contribution in [-0.2, 0) is 9.84 Å². The lowest BCUT2D eigenvalue weighted by atomic mass is 10.2. The van der Waals surface area contributed by atoms with Crippen LogP contribution in [0.4, 0.5) is 5.82 Å². The van der Waals surface area contributed by atoms with Gasteiger partial charge in [-0.15, -0.1) is 0 Å². The van der Waals surface area contributed by atoms with Crippen LogP contribution < -0.4 is 10.6 Å². The lowest BCUT2D eigenvalue weighted by Gasteiger charge is -2.20. The summed E-state index contributed by atoms with van der Waals surface area (Å²) in [5, 5.41) is 11.6. The highest BCUT2D eigenvalue weighted by Crippen LogP contribution is 2.15. The van der Waals surface area contributed by atoms with Crippen LogP contribution in [0.5, 0.6) is 0 Å². The van der Waals surface area contributed by atoms with E-state index in [0.29, 0.717) is 11.4 Å². The van der Waals surface area contributed by atoms with Crippen LogP contribution in [0.1, 0.15) is 5.56 Å². The monoisotopic (exact) mass is 272 g/mol. The van der Waals surface area contributed by atoms with Crippen molar-refractivity contribution in [2.24, 2.45) is 10.9 Å². The first-order chi connectivity index (χ1) is 8.35. The van der Waals surface area contributed by atoms with Gasteiger partial charge in [0.1, 0.15) is 15.7 Å². The van der Waals surface area contributed by atoms with Gasteiger partial charge in [-0.25, -0.2) is 13.4 Å². The molecule has 1 aromatic rings. The number of amidine groups is 1. The molecule has 18 heavy (non-hydrogen) atoms. The molecule has 1 heterocycles. The Morgan fingerprint density at radius 2 is 2.28 bits per heavy atom. The maximum atomic E-state index is 11.1. The van der Waals surface area contributed by atoms with Gasteiger partial charge in [0, 0.05) is 26.0 Å². The minimum atomic E-state index is -3.05. The van der Waals surface area contributed by atoms with Crippen LogP contribution in [0, 0.1) is 0 Å². The number of aromatic nitrogens is 1. The Morgan fingerprint density at radius 1 is 1.61 bits per heavy atom. The van der Waals surface area contributed by atoms with Gasteiger partial charge >= 0.3 is 0 Å². The molecule has 0 saturated heterocycles. The molecule has 7 nitrogen and oxygen atoms in total. The van der Waals surface area contributed by atoms with E-state index in [1.54, 1.807) is 30.3 Å². The highest BCUT2D eigenvalue weighted by Gasteiger charge is 2.13. The van der Waals surface area contributed by atoms with Crippen molar-refractivity contribution in [2.45, 2.75) is 0 Å². The number of pyridine rings is 1. The maximum absolute atomic E-state index is 11.1. The number of nitrogens with zero attached hydrogens (tertiary/aromatic N) is 3. The summed E-state index contributed by atoms with van der Waals surface area (Å²) in [5.74, 6) is 0.413. The molecule has 0 unspecified atom stereocenters. The SMILES string of the molecule is CN(CCS(C)(=O)=O)c1ncccc1/C(N)=N/O. The summed E-state index contributed by atoms with van der Waals surface area (Å²) in [5.41, 5.74) is 5.98. The lowest BCUT2D eigenvalue weighted by Crippen LogP contribution is -2.28. The molecule has 0 aliphatic carbocycles. The number of rotatable bonds is 5. The summed E-state index contributed by atoms with van der Waals surface area (Å²) < 4.78 is 22.2. The van der Waals surface area contributed by atoms with Crippen LogP contribution >= 0.6 is 0 Å². The Labute approximate surface area is 106 Å². The topological polar surface area (TPSA) is 109 Å². The fourth-order valence-electron chi connectivity index (χ4n) is 1.36. The Balaban J connectivity index is 2.95. The summed E-state index contributed by atoms with van der Waals surface area (Å²) in [7, 11) is -1.35. The fraction of sp³-hybridized carbons (Fsp3) is 0.400. The minimum Gasteiger partial charge on any atom is -0.409 e. The predicted octanol–water partition coefficient (Wildman–Crippen LogP) is -0.343. The van der Waals surface area contributed by atoms with Gasteiger partial charge in [-0.05, 0) is 12.1 Å². The predicted molar refractivity (Wildman–Crippen MR) is 69.7 cm³/mol. The van der Waals surface area contributed by atoms with Gasteiger partial charge in [-0.1, -0.05) is 5.16 Å². The standard InChI is InChI=1S/C10H16N4O3S/c1-14(6-7-18(2,16)17)10-8(9(11)13-15)4-3-5-12-10/h3-5,15H,6-7H2,1-2H3,(H2,11,13). The number of nitrogens with two attached hydrogens (primary N) is 1. The van der Waals surface area contributed by atoms with Crippen molar-refractivity contribution >= 4 is 21.5 Å². The van der Waals surface area contributed by atoms with E-state index in [1.165, 1.54) is 6.26 Å². The fourth-order valence-corrected chi connectivity index (χ4v) is 1.97. The zero-order chi connectivity index (χ0) is 13.8. The van der Waals surface area contributed by atoms with Crippen molar-refractivity contribution in [3.8, 4) is 0 Å². The van der Waals surface area contributed by atoms with Gasteiger partial charge < -0.3 is 15.8 Å². The maximum Gasteiger partial charge on any atom is 0.173 e. The zero-order valence-electron chi connectivity index (χ0n) is 10.2. The highest BCUT2D eigenvalue weighted by molar-refractivity contribution is 7.90. The third kappa shape index (κ3) is 3.88. The lowest BCUT2D eigenvalue weighted by molar-refractivity contribution is 0.318. The van der Waals surface area contributed by atoms with Crippen molar-refractivity contribution < 1.29 is 13.6 Å². The Kier molecular flexibility index (Phi) is 4.49. The smallest absolute Gasteiger partial charge is 0.173 e. The van der Waals surface area contributed by atoms with Crippen molar-refractivity contribution in [2.75, 3.05) is 30.5 Å². The molecule has 0 amide bonds. The zero-order valence-corrected chi connectivity index (χ0v) is 11.1. The first kappa shape index (κ1) is 14.2. The summed E-state index contributed by atoms with van der Waals surface area (Å²) in [6, 6.07) is 3.30. The van der Waals surface area contributed by atoms with Gasteiger partial charge in [0.2, 0.25) is 0 Å². The molecule has 100 valence electrons. The van der Waals surface area contributed by atoms with Gasteiger partial charge in [0.25, 0.3) is 0 Å². The molecule has 0 aliphatic rings. The molecule has 0 saturated carbocycles. The molecule has 1 aromatic heterocycles. The second-order valence-electron chi connectivity index (χ2n) is 3.91. The van der Waals surface area contributed by atoms with Gasteiger partial charge in [0.05, 0.1) is 11.3 Å². The summed E-state index contributed by atoms with van der Waals surface area (Å²) >= 11 is 0. The highest BCUT2D eigenvalue weighted by atomic mass is 32.2. The molecular weight excluding hydrogens is 256 g/mol. The third-order valence-corrected chi connectivity index (χ3v) is 3.25. The number of anilines is 1. The second-order valence-corrected chi connectivity index (χ2v) is 6.17. The second kappa shape index (κ2) is 5.67. The molecule has 0 spiro atoms. The van der Waals surface area contributed by atoms with E-state index in [4.69, 9.17) is 10.9 Å². The molecule has 0 atom stereocenters. The minimum absolute atomic E-state index is 0.00961. The quantitative estimate of drug-likeness (QED) is 0.328. The van der Waals surface area contributed by atoms with Crippen LogP contribution in [0.25, 0.3) is 0 Å². The molecule has 0 aliphatic heterocycles. The molecule has 0 bridgehead atoms. The normalized spacial score (nSPS) is 12.4. The molecule has 0 radical (unpaired) electrons. The van der Waals surface area contributed by atoms with Crippen molar-refractivity contribution in [3.05, 3.63) is 23.9 Å².